The highest BCUT2D eigenvalue weighted by Gasteiger charge is 2.24. The standard InChI is InChI=1S/C14H20N2O3/c1-10-3-4-13(12(15)9-10)19-11(2)14(17)16-5-7-18-8-6-16/h3-4,9,11H,5-8,15H2,1-2H3. The number of carbonyl (C=O) groups excluding carboxylic acids is 1. The minimum absolute atomic E-state index is 0.0247. The smallest absolute Gasteiger partial charge is 0.263 e. The van der Waals surface area contributed by atoms with Gasteiger partial charge in [-0.05, 0) is 31.5 Å². The third-order valence-corrected chi connectivity index (χ3v) is 3.14. The summed E-state index contributed by atoms with van der Waals surface area (Å²) in [5.41, 5.74) is 7.50. The molecule has 0 aromatic heterocycles. The van der Waals surface area contributed by atoms with Gasteiger partial charge >= 0.3 is 0 Å². The van der Waals surface area contributed by atoms with E-state index in [0.29, 0.717) is 37.7 Å². The SMILES string of the molecule is Cc1ccc(OC(C)C(=O)N2CCOCC2)c(N)c1. The molecule has 1 unspecified atom stereocenters. The Balaban J connectivity index is 1.99. The number of rotatable bonds is 3. The Morgan fingerprint density at radius 2 is 2.11 bits per heavy atom. The van der Waals surface area contributed by atoms with Crippen molar-refractivity contribution in [1.29, 1.82) is 0 Å². The van der Waals surface area contributed by atoms with Crippen LogP contribution in [0.3, 0.4) is 0 Å². The molecule has 1 aliphatic rings. The highest BCUT2D eigenvalue weighted by atomic mass is 16.5. The molecule has 1 aliphatic heterocycles. The minimum atomic E-state index is -0.539. The fourth-order valence-corrected chi connectivity index (χ4v) is 2.06. The van der Waals surface area contributed by atoms with Crippen molar-refractivity contribution >= 4 is 11.6 Å². The number of carbonyl (C=O) groups is 1. The topological polar surface area (TPSA) is 64.8 Å². The van der Waals surface area contributed by atoms with Gasteiger partial charge in [-0.25, -0.2) is 0 Å². The lowest BCUT2D eigenvalue weighted by Crippen LogP contribution is -2.46. The van der Waals surface area contributed by atoms with Crippen molar-refractivity contribution in [2.24, 2.45) is 0 Å². The van der Waals surface area contributed by atoms with E-state index in [1.807, 2.05) is 19.1 Å². The van der Waals surface area contributed by atoms with Crippen LogP contribution in [0.15, 0.2) is 18.2 Å². The zero-order valence-electron chi connectivity index (χ0n) is 11.4. The molecule has 1 saturated heterocycles. The van der Waals surface area contributed by atoms with Crippen LogP contribution < -0.4 is 10.5 Å². The first-order chi connectivity index (χ1) is 9.08. The molecule has 1 aromatic rings. The van der Waals surface area contributed by atoms with Crippen molar-refractivity contribution < 1.29 is 14.3 Å². The number of morpholine rings is 1. The third kappa shape index (κ3) is 3.38. The fraction of sp³-hybridized carbons (Fsp3) is 0.500. The van der Waals surface area contributed by atoms with Crippen LogP contribution >= 0.6 is 0 Å². The molecule has 1 amide bonds. The molecule has 0 saturated carbocycles. The Morgan fingerprint density at radius 3 is 2.74 bits per heavy atom. The van der Waals surface area contributed by atoms with Gasteiger partial charge in [0.05, 0.1) is 18.9 Å². The maximum atomic E-state index is 12.2. The molecule has 2 N–H and O–H groups in total. The summed E-state index contributed by atoms with van der Waals surface area (Å²) in [4.78, 5) is 13.9. The molecule has 1 aromatic carbocycles. The normalized spacial score (nSPS) is 17.1. The summed E-state index contributed by atoms with van der Waals surface area (Å²) in [6.45, 7) is 6.13. The average molecular weight is 264 g/mol. The lowest BCUT2D eigenvalue weighted by molar-refractivity contribution is -0.142. The van der Waals surface area contributed by atoms with Gasteiger partial charge in [-0.2, -0.15) is 0 Å². The van der Waals surface area contributed by atoms with E-state index in [-0.39, 0.29) is 5.91 Å². The van der Waals surface area contributed by atoms with E-state index in [1.165, 1.54) is 0 Å². The molecular formula is C14H20N2O3. The molecular weight excluding hydrogens is 244 g/mol. The first-order valence-electron chi connectivity index (χ1n) is 6.47. The number of nitrogens with zero attached hydrogens (tertiary/aromatic N) is 1. The number of hydrogen-bond donors (Lipinski definition) is 1. The lowest BCUT2D eigenvalue weighted by atomic mass is 10.2. The number of hydrogen-bond acceptors (Lipinski definition) is 4. The van der Waals surface area contributed by atoms with Gasteiger partial charge < -0.3 is 20.1 Å². The number of benzene rings is 1. The van der Waals surface area contributed by atoms with Crippen LogP contribution in [0.25, 0.3) is 0 Å². The summed E-state index contributed by atoms with van der Waals surface area (Å²) in [6, 6.07) is 5.55. The predicted octanol–water partition coefficient (Wildman–Crippen LogP) is 1.20. The summed E-state index contributed by atoms with van der Waals surface area (Å²) in [5, 5.41) is 0. The Labute approximate surface area is 113 Å². The molecule has 5 heteroatoms. The van der Waals surface area contributed by atoms with Crippen molar-refractivity contribution in [1.82, 2.24) is 4.90 Å². The molecule has 0 aliphatic carbocycles. The number of amides is 1. The van der Waals surface area contributed by atoms with Gasteiger partial charge in [0, 0.05) is 13.1 Å². The zero-order chi connectivity index (χ0) is 13.8. The van der Waals surface area contributed by atoms with E-state index in [4.69, 9.17) is 15.2 Å². The molecule has 0 radical (unpaired) electrons. The van der Waals surface area contributed by atoms with Crippen LogP contribution in [-0.4, -0.2) is 43.2 Å². The van der Waals surface area contributed by atoms with E-state index in [2.05, 4.69) is 0 Å². The van der Waals surface area contributed by atoms with Crippen LogP contribution in [0.2, 0.25) is 0 Å². The van der Waals surface area contributed by atoms with Crippen LogP contribution in [0.4, 0.5) is 5.69 Å². The summed E-state index contributed by atoms with van der Waals surface area (Å²) in [7, 11) is 0. The van der Waals surface area contributed by atoms with E-state index < -0.39 is 6.10 Å². The Hall–Kier alpha value is -1.75. The van der Waals surface area contributed by atoms with Crippen molar-refractivity contribution in [3.8, 4) is 5.75 Å². The number of anilines is 1. The number of nitrogen functional groups attached to an aromatic ring is 1. The summed E-state index contributed by atoms with van der Waals surface area (Å²) < 4.78 is 10.9. The third-order valence-electron chi connectivity index (χ3n) is 3.14. The van der Waals surface area contributed by atoms with Gasteiger partial charge in [0.1, 0.15) is 5.75 Å². The fourth-order valence-electron chi connectivity index (χ4n) is 2.06. The summed E-state index contributed by atoms with van der Waals surface area (Å²) in [5.74, 6) is 0.531. The Kier molecular flexibility index (Phi) is 4.27. The maximum Gasteiger partial charge on any atom is 0.263 e. The summed E-state index contributed by atoms with van der Waals surface area (Å²) >= 11 is 0. The van der Waals surface area contributed by atoms with Crippen molar-refractivity contribution in [2.75, 3.05) is 32.0 Å². The molecule has 2 rings (SSSR count). The van der Waals surface area contributed by atoms with E-state index in [9.17, 15) is 4.79 Å². The van der Waals surface area contributed by atoms with Crippen LogP contribution in [0, 0.1) is 6.92 Å². The predicted molar refractivity (Wildman–Crippen MR) is 73.1 cm³/mol. The first kappa shape index (κ1) is 13.7. The molecule has 19 heavy (non-hydrogen) atoms. The van der Waals surface area contributed by atoms with Crippen molar-refractivity contribution in [3.05, 3.63) is 23.8 Å². The highest BCUT2D eigenvalue weighted by Crippen LogP contribution is 2.23. The van der Waals surface area contributed by atoms with Gasteiger partial charge in [0.25, 0.3) is 5.91 Å². The van der Waals surface area contributed by atoms with Gasteiger partial charge in [0.2, 0.25) is 0 Å². The van der Waals surface area contributed by atoms with Crippen LogP contribution in [0.1, 0.15) is 12.5 Å². The van der Waals surface area contributed by atoms with Gasteiger partial charge in [-0.3, -0.25) is 4.79 Å². The second-order valence-corrected chi connectivity index (χ2v) is 4.74. The lowest BCUT2D eigenvalue weighted by Gasteiger charge is -2.29. The van der Waals surface area contributed by atoms with E-state index in [1.54, 1.807) is 17.9 Å². The number of aryl methyl sites for hydroxylation is 1. The molecule has 1 heterocycles. The number of ether oxygens (including phenoxy) is 2. The van der Waals surface area contributed by atoms with E-state index in [0.717, 1.165) is 5.56 Å². The molecule has 104 valence electrons. The first-order valence-corrected chi connectivity index (χ1v) is 6.47. The maximum absolute atomic E-state index is 12.2. The highest BCUT2D eigenvalue weighted by molar-refractivity contribution is 5.81. The minimum Gasteiger partial charge on any atom is -0.479 e. The van der Waals surface area contributed by atoms with Crippen molar-refractivity contribution in [3.63, 3.8) is 0 Å². The molecule has 0 spiro atoms. The molecule has 1 fully saturated rings. The number of nitrogens with two attached hydrogens (primary N) is 1. The van der Waals surface area contributed by atoms with Gasteiger partial charge in [0.15, 0.2) is 6.10 Å². The van der Waals surface area contributed by atoms with E-state index >= 15 is 0 Å². The van der Waals surface area contributed by atoms with Gasteiger partial charge in [-0.15, -0.1) is 0 Å². The Bertz CT molecular complexity index is 456. The second kappa shape index (κ2) is 5.93. The van der Waals surface area contributed by atoms with Crippen molar-refractivity contribution in [2.45, 2.75) is 20.0 Å². The molecule has 1 atom stereocenters. The molecule has 0 bridgehead atoms. The zero-order valence-corrected chi connectivity index (χ0v) is 11.4. The molecule has 5 nitrogen and oxygen atoms in total. The monoisotopic (exact) mass is 264 g/mol. The second-order valence-electron chi connectivity index (χ2n) is 4.74. The largest absolute Gasteiger partial charge is 0.479 e. The van der Waals surface area contributed by atoms with Crippen LogP contribution in [0.5, 0.6) is 5.75 Å². The van der Waals surface area contributed by atoms with Crippen LogP contribution in [-0.2, 0) is 9.53 Å². The quantitative estimate of drug-likeness (QED) is 0.833. The van der Waals surface area contributed by atoms with Gasteiger partial charge in [-0.1, -0.05) is 6.07 Å². The average Bonchev–Trinajstić information content (AvgIpc) is 2.42. The Morgan fingerprint density at radius 1 is 1.42 bits per heavy atom. The summed E-state index contributed by atoms with van der Waals surface area (Å²) in [6.07, 6.45) is -0.539.